The lowest BCUT2D eigenvalue weighted by Crippen LogP contribution is -2.30. The SMILES string of the molecule is Cc1cc(C)n(Cc2cccc(C(=O)NC(CC(=O)O)c3ccccc3C)c2)n1. The third kappa shape index (κ3) is 5.10. The number of aliphatic carboxylic acids is 1. The zero-order chi connectivity index (χ0) is 21.0. The van der Waals surface area contributed by atoms with Gasteiger partial charge in [0.1, 0.15) is 0 Å². The van der Waals surface area contributed by atoms with Gasteiger partial charge in [0.05, 0.1) is 24.7 Å². The molecular formula is C23H25N3O3. The first-order valence-corrected chi connectivity index (χ1v) is 9.51. The Morgan fingerprint density at radius 3 is 2.48 bits per heavy atom. The maximum absolute atomic E-state index is 12.9. The summed E-state index contributed by atoms with van der Waals surface area (Å²) in [5.41, 5.74) is 5.20. The molecule has 0 spiro atoms. The maximum Gasteiger partial charge on any atom is 0.305 e. The predicted molar refractivity (Wildman–Crippen MR) is 111 cm³/mol. The summed E-state index contributed by atoms with van der Waals surface area (Å²) in [5, 5.41) is 16.6. The molecule has 1 amide bonds. The number of hydrogen-bond donors (Lipinski definition) is 2. The Morgan fingerprint density at radius 1 is 1.07 bits per heavy atom. The highest BCUT2D eigenvalue weighted by Gasteiger charge is 2.20. The minimum atomic E-state index is -0.961. The van der Waals surface area contributed by atoms with Crippen molar-refractivity contribution in [1.29, 1.82) is 0 Å². The third-order valence-electron chi connectivity index (χ3n) is 4.87. The van der Waals surface area contributed by atoms with Gasteiger partial charge in [0, 0.05) is 11.3 Å². The summed E-state index contributed by atoms with van der Waals surface area (Å²) in [5.74, 6) is -1.26. The molecule has 1 atom stereocenters. The second kappa shape index (κ2) is 8.73. The standard InChI is InChI=1S/C23H25N3O3/c1-15-7-4-5-10-20(15)21(13-22(27)28)24-23(29)19-9-6-8-18(12-19)14-26-17(3)11-16(2)25-26/h4-12,21H,13-14H2,1-3H3,(H,24,29)(H,27,28). The molecule has 3 rings (SSSR count). The van der Waals surface area contributed by atoms with Crippen molar-refractivity contribution in [2.45, 2.75) is 39.8 Å². The summed E-state index contributed by atoms with van der Waals surface area (Å²) in [6.07, 6.45) is -0.179. The largest absolute Gasteiger partial charge is 0.481 e. The van der Waals surface area contributed by atoms with E-state index in [0.717, 1.165) is 28.1 Å². The molecule has 0 radical (unpaired) electrons. The van der Waals surface area contributed by atoms with E-state index in [9.17, 15) is 14.7 Å². The number of carboxylic acid groups (broad SMARTS) is 1. The molecule has 0 fully saturated rings. The van der Waals surface area contributed by atoms with Gasteiger partial charge in [0.15, 0.2) is 0 Å². The van der Waals surface area contributed by atoms with Crippen LogP contribution in [0.1, 0.15) is 50.9 Å². The first-order chi connectivity index (χ1) is 13.8. The molecule has 1 unspecified atom stereocenters. The number of aromatic nitrogens is 2. The quantitative estimate of drug-likeness (QED) is 0.642. The van der Waals surface area contributed by atoms with Crippen molar-refractivity contribution in [3.8, 4) is 0 Å². The molecule has 0 saturated heterocycles. The van der Waals surface area contributed by atoms with Crippen LogP contribution in [0, 0.1) is 20.8 Å². The van der Waals surface area contributed by atoms with Gasteiger partial charge in [-0.25, -0.2) is 0 Å². The second-order valence-electron chi connectivity index (χ2n) is 7.27. The van der Waals surface area contributed by atoms with Gasteiger partial charge in [-0.15, -0.1) is 0 Å². The third-order valence-corrected chi connectivity index (χ3v) is 4.87. The average molecular weight is 391 g/mol. The van der Waals surface area contributed by atoms with Crippen molar-refractivity contribution < 1.29 is 14.7 Å². The predicted octanol–water partition coefficient (Wildman–Crippen LogP) is 3.80. The number of nitrogens with zero attached hydrogens (tertiary/aromatic N) is 2. The van der Waals surface area contributed by atoms with Crippen LogP contribution in [0.4, 0.5) is 0 Å². The molecule has 6 heteroatoms. The Morgan fingerprint density at radius 2 is 1.83 bits per heavy atom. The van der Waals surface area contributed by atoms with E-state index in [2.05, 4.69) is 10.4 Å². The molecule has 29 heavy (non-hydrogen) atoms. The Labute approximate surface area is 170 Å². The van der Waals surface area contributed by atoms with Gasteiger partial charge in [0.25, 0.3) is 5.91 Å². The minimum absolute atomic E-state index is 0.179. The van der Waals surface area contributed by atoms with Gasteiger partial charge in [-0.1, -0.05) is 36.4 Å². The molecule has 3 aromatic rings. The molecule has 0 bridgehead atoms. The monoisotopic (exact) mass is 391 g/mol. The molecule has 0 aliphatic carbocycles. The van der Waals surface area contributed by atoms with Crippen LogP contribution in [0.25, 0.3) is 0 Å². The van der Waals surface area contributed by atoms with E-state index >= 15 is 0 Å². The van der Waals surface area contributed by atoms with E-state index in [1.54, 1.807) is 6.07 Å². The fourth-order valence-electron chi connectivity index (χ4n) is 3.45. The highest BCUT2D eigenvalue weighted by atomic mass is 16.4. The Bertz CT molecular complexity index is 1040. The fourth-order valence-corrected chi connectivity index (χ4v) is 3.45. The number of aryl methyl sites for hydroxylation is 3. The smallest absolute Gasteiger partial charge is 0.305 e. The number of carbonyl (C=O) groups excluding carboxylic acids is 1. The zero-order valence-corrected chi connectivity index (χ0v) is 16.8. The number of benzene rings is 2. The Kier molecular flexibility index (Phi) is 6.12. The first kappa shape index (κ1) is 20.3. The molecule has 6 nitrogen and oxygen atoms in total. The van der Waals surface area contributed by atoms with Crippen LogP contribution >= 0.6 is 0 Å². The molecule has 0 aliphatic rings. The highest BCUT2D eigenvalue weighted by molar-refractivity contribution is 5.94. The molecule has 2 N–H and O–H groups in total. The molecule has 150 valence electrons. The number of hydrogen-bond acceptors (Lipinski definition) is 3. The number of carboxylic acids is 1. The zero-order valence-electron chi connectivity index (χ0n) is 16.8. The van der Waals surface area contributed by atoms with Crippen molar-refractivity contribution in [3.63, 3.8) is 0 Å². The van der Waals surface area contributed by atoms with Gasteiger partial charge in [0.2, 0.25) is 0 Å². The van der Waals surface area contributed by atoms with Crippen LogP contribution in [0.5, 0.6) is 0 Å². The van der Waals surface area contributed by atoms with Crippen molar-refractivity contribution in [2.24, 2.45) is 0 Å². The van der Waals surface area contributed by atoms with Crippen molar-refractivity contribution >= 4 is 11.9 Å². The summed E-state index contributed by atoms with van der Waals surface area (Å²) in [4.78, 5) is 24.2. The van der Waals surface area contributed by atoms with E-state index in [-0.39, 0.29) is 12.3 Å². The summed E-state index contributed by atoms with van der Waals surface area (Å²) in [6, 6.07) is 16.2. The summed E-state index contributed by atoms with van der Waals surface area (Å²) in [6.45, 7) is 6.42. The summed E-state index contributed by atoms with van der Waals surface area (Å²) < 4.78 is 1.90. The van der Waals surface area contributed by atoms with Crippen LogP contribution in [0.15, 0.2) is 54.6 Å². The molecule has 1 aromatic heterocycles. The van der Waals surface area contributed by atoms with Crippen molar-refractivity contribution in [3.05, 3.63) is 88.2 Å². The van der Waals surface area contributed by atoms with E-state index in [1.807, 2.05) is 74.0 Å². The number of carbonyl (C=O) groups is 2. The van der Waals surface area contributed by atoms with Gasteiger partial charge in [-0.05, 0) is 55.7 Å². The highest BCUT2D eigenvalue weighted by Crippen LogP contribution is 2.21. The summed E-state index contributed by atoms with van der Waals surface area (Å²) >= 11 is 0. The van der Waals surface area contributed by atoms with E-state index in [0.29, 0.717) is 12.1 Å². The van der Waals surface area contributed by atoms with Crippen LogP contribution in [-0.2, 0) is 11.3 Å². The first-order valence-electron chi connectivity index (χ1n) is 9.51. The van der Waals surface area contributed by atoms with E-state index < -0.39 is 12.0 Å². The molecule has 1 heterocycles. The van der Waals surface area contributed by atoms with Crippen molar-refractivity contribution in [2.75, 3.05) is 0 Å². The lowest BCUT2D eigenvalue weighted by Gasteiger charge is -2.19. The minimum Gasteiger partial charge on any atom is -0.481 e. The molecular weight excluding hydrogens is 366 g/mol. The summed E-state index contributed by atoms with van der Waals surface area (Å²) in [7, 11) is 0. The lowest BCUT2D eigenvalue weighted by atomic mass is 9.98. The number of rotatable bonds is 7. The van der Waals surface area contributed by atoms with Crippen molar-refractivity contribution in [1.82, 2.24) is 15.1 Å². The Balaban J connectivity index is 1.80. The Hall–Kier alpha value is -3.41. The van der Waals surface area contributed by atoms with E-state index in [1.165, 1.54) is 0 Å². The average Bonchev–Trinajstić information content (AvgIpc) is 2.98. The molecule has 0 aliphatic heterocycles. The van der Waals surface area contributed by atoms with E-state index in [4.69, 9.17) is 0 Å². The fraction of sp³-hybridized carbons (Fsp3) is 0.261. The van der Waals surface area contributed by atoms with Crippen LogP contribution < -0.4 is 5.32 Å². The number of nitrogens with one attached hydrogen (secondary N) is 1. The van der Waals surface area contributed by atoms with Gasteiger partial charge in [-0.2, -0.15) is 5.10 Å². The van der Waals surface area contributed by atoms with Gasteiger partial charge < -0.3 is 10.4 Å². The lowest BCUT2D eigenvalue weighted by molar-refractivity contribution is -0.137. The topological polar surface area (TPSA) is 84.2 Å². The maximum atomic E-state index is 12.9. The molecule has 2 aromatic carbocycles. The number of amides is 1. The molecule has 0 saturated carbocycles. The van der Waals surface area contributed by atoms with Gasteiger partial charge in [-0.3, -0.25) is 14.3 Å². The van der Waals surface area contributed by atoms with Crippen LogP contribution in [0.2, 0.25) is 0 Å². The van der Waals surface area contributed by atoms with Gasteiger partial charge >= 0.3 is 5.97 Å². The van der Waals surface area contributed by atoms with Crippen LogP contribution in [0.3, 0.4) is 0 Å². The normalized spacial score (nSPS) is 11.8. The van der Waals surface area contributed by atoms with Crippen LogP contribution in [-0.4, -0.2) is 26.8 Å². The second-order valence-corrected chi connectivity index (χ2v) is 7.27.